The molecule has 0 saturated carbocycles. The number of hydrogen-bond acceptors (Lipinski definition) is 11. The fourth-order valence-corrected chi connectivity index (χ4v) is 5.39. The molecule has 0 radical (unpaired) electrons. The van der Waals surface area contributed by atoms with Gasteiger partial charge in [-0.2, -0.15) is 0 Å². The van der Waals surface area contributed by atoms with Gasteiger partial charge in [0.2, 0.25) is 0 Å². The van der Waals surface area contributed by atoms with E-state index in [1.165, 1.54) is 39.6 Å². The number of hydrogen-bond donors (Lipinski definition) is 0. The quantitative estimate of drug-likeness (QED) is 0.216. The predicted octanol–water partition coefficient (Wildman–Crippen LogP) is 3.42. The van der Waals surface area contributed by atoms with Crippen LogP contribution in [0.5, 0.6) is 0 Å². The number of benzene rings is 2. The first-order valence-electron chi connectivity index (χ1n) is 12.4. The van der Waals surface area contributed by atoms with E-state index >= 15 is 0 Å². The third-order valence-corrected chi connectivity index (χ3v) is 6.75. The molecule has 2 aromatic carbocycles. The highest BCUT2D eigenvalue weighted by molar-refractivity contribution is 7.97. The lowest BCUT2D eigenvalue weighted by atomic mass is 10.1. The number of esters is 4. The zero-order valence-corrected chi connectivity index (χ0v) is 23.1. The van der Waals surface area contributed by atoms with Gasteiger partial charge in [0.15, 0.2) is 23.7 Å². The van der Waals surface area contributed by atoms with Gasteiger partial charge in [0, 0.05) is 40.8 Å². The van der Waals surface area contributed by atoms with Crippen LogP contribution in [-0.2, 0) is 56.0 Å². The minimum absolute atomic E-state index is 0.334. The van der Waals surface area contributed by atoms with Crippen molar-refractivity contribution in [3.63, 3.8) is 0 Å². The van der Waals surface area contributed by atoms with E-state index in [1.54, 1.807) is 0 Å². The Hall–Kier alpha value is -3.41. The van der Waals surface area contributed by atoms with Gasteiger partial charge in [-0.05, 0) is 23.1 Å². The van der Waals surface area contributed by atoms with Crippen LogP contribution in [0, 0.1) is 0 Å². The van der Waals surface area contributed by atoms with Crippen LogP contribution in [-0.4, -0.2) is 64.6 Å². The molecule has 0 aliphatic carbocycles. The van der Waals surface area contributed by atoms with Gasteiger partial charge < -0.3 is 23.7 Å². The summed E-state index contributed by atoms with van der Waals surface area (Å²) in [6.07, 6.45) is -4.35. The van der Waals surface area contributed by atoms with Crippen LogP contribution < -0.4 is 0 Å². The zero-order valence-electron chi connectivity index (χ0n) is 22.3. The maximum atomic E-state index is 12.1. The van der Waals surface area contributed by atoms with Gasteiger partial charge in [-0.15, -0.1) is 0 Å². The lowest BCUT2D eigenvalue weighted by Crippen LogP contribution is -2.46. The number of nitrogens with zero attached hydrogens (tertiary/aromatic N) is 1. The van der Waals surface area contributed by atoms with E-state index < -0.39 is 53.7 Å². The van der Waals surface area contributed by atoms with E-state index in [0.717, 1.165) is 11.1 Å². The Balaban J connectivity index is 1.94. The summed E-state index contributed by atoms with van der Waals surface area (Å²) in [6, 6.07) is 19.6. The van der Waals surface area contributed by atoms with Gasteiger partial charge in [0.05, 0.1) is 0 Å². The molecule has 1 aliphatic heterocycles. The van der Waals surface area contributed by atoms with Crippen molar-refractivity contribution in [3.05, 3.63) is 71.8 Å². The standard InChI is InChI=1S/C28H33NO9S/c1-18(30)34-17-24(35-19(2)31)25-26(36-20(3)32)27(37-21(4)33)28(38-25)39-29(15-22-11-7-5-8-12-22)16-23-13-9-6-10-14-23/h5-14,24-28H,15-17H2,1-4H3/t24-,25+,26+,27-,28+/m1/s1. The highest BCUT2D eigenvalue weighted by Gasteiger charge is 2.54. The van der Waals surface area contributed by atoms with Crippen molar-refractivity contribution in [3.8, 4) is 0 Å². The first-order chi connectivity index (χ1) is 18.6. The van der Waals surface area contributed by atoms with Crippen LogP contribution in [0.25, 0.3) is 0 Å². The Morgan fingerprint density at radius 2 is 1.28 bits per heavy atom. The minimum atomic E-state index is -1.13. The third kappa shape index (κ3) is 9.68. The van der Waals surface area contributed by atoms with Gasteiger partial charge in [-0.25, -0.2) is 4.31 Å². The van der Waals surface area contributed by atoms with E-state index in [-0.39, 0.29) is 6.61 Å². The number of carbonyl (C=O) groups excluding carboxylic acids is 4. The van der Waals surface area contributed by atoms with Crippen molar-refractivity contribution in [1.82, 2.24) is 4.31 Å². The molecule has 1 aliphatic rings. The summed E-state index contributed by atoms with van der Waals surface area (Å²) in [7, 11) is 0. The van der Waals surface area contributed by atoms with E-state index in [9.17, 15) is 19.2 Å². The Kier molecular flexibility index (Phi) is 11.3. The largest absolute Gasteiger partial charge is 0.462 e. The van der Waals surface area contributed by atoms with E-state index in [0.29, 0.717) is 13.1 Å². The molecule has 0 bridgehead atoms. The van der Waals surface area contributed by atoms with Crippen molar-refractivity contribution in [2.24, 2.45) is 0 Å². The molecular weight excluding hydrogens is 526 g/mol. The fourth-order valence-electron chi connectivity index (χ4n) is 4.14. The summed E-state index contributed by atoms with van der Waals surface area (Å²) in [4.78, 5) is 47.6. The van der Waals surface area contributed by atoms with Gasteiger partial charge in [0.1, 0.15) is 12.7 Å². The monoisotopic (exact) mass is 559 g/mol. The summed E-state index contributed by atoms with van der Waals surface area (Å²) in [6.45, 7) is 5.59. The smallest absolute Gasteiger partial charge is 0.303 e. The van der Waals surface area contributed by atoms with Crippen molar-refractivity contribution in [2.45, 2.75) is 70.6 Å². The highest BCUT2D eigenvalue weighted by atomic mass is 32.2. The molecule has 0 unspecified atom stereocenters. The molecule has 1 heterocycles. The van der Waals surface area contributed by atoms with Crippen LogP contribution in [0.15, 0.2) is 60.7 Å². The van der Waals surface area contributed by atoms with Gasteiger partial charge in [-0.3, -0.25) is 19.2 Å². The van der Waals surface area contributed by atoms with Gasteiger partial charge in [-0.1, -0.05) is 60.7 Å². The average molecular weight is 560 g/mol. The molecule has 0 spiro atoms. The number of rotatable bonds is 12. The maximum absolute atomic E-state index is 12.1. The second-order valence-electron chi connectivity index (χ2n) is 8.94. The van der Waals surface area contributed by atoms with Crippen LogP contribution in [0.1, 0.15) is 38.8 Å². The predicted molar refractivity (Wildman–Crippen MR) is 142 cm³/mol. The molecule has 0 amide bonds. The molecular formula is C28H33NO9S. The normalized spacial score (nSPS) is 21.2. The Morgan fingerprint density at radius 1 is 0.769 bits per heavy atom. The lowest BCUT2D eigenvalue weighted by molar-refractivity contribution is -0.176. The summed E-state index contributed by atoms with van der Waals surface area (Å²) >= 11 is 1.28. The summed E-state index contributed by atoms with van der Waals surface area (Å²) < 4.78 is 30.0. The van der Waals surface area contributed by atoms with Crippen LogP contribution in [0.4, 0.5) is 0 Å². The molecule has 2 aromatic rings. The summed E-state index contributed by atoms with van der Waals surface area (Å²) in [5, 5.41) is 0. The Morgan fingerprint density at radius 3 is 1.74 bits per heavy atom. The van der Waals surface area contributed by atoms with Crippen LogP contribution in [0.3, 0.4) is 0 Å². The van der Waals surface area contributed by atoms with Crippen molar-refractivity contribution < 1.29 is 42.9 Å². The lowest BCUT2D eigenvalue weighted by Gasteiger charge is -2.28. The van der Waals surface area contributed by atoms with Crippen molar-refractivity contribution in [1.29, 1.82) is 0 Å². The van der Waals surface area contributed by atoms with Crippen LogP contribution >= 0.6 is 11.9 Å². The molecule has 10 nitrogen and oxygen atoms in total. The Bertz CT molecular complexity index is 1070. The minimum Gasteiger partial charge on any atom is -0.462 e. The fraction of sp³-hybridized carbons (Fsp3) is 0.429. The van der Waals surface area contributed by atoms with E-state index in [1.807, 2.05) is 65.0 Å². The van der Waals surface area contributed by atoms with Crippen molar-refractivity contribution >= 4 is 35.8 Å². The van der Waals surface area contributed by atoms with E-state index in [4.69, 9.17) is 23.7 Å². The SMILES string of the molecule is CC(=O)OC[C@@H](OC(C)=O)[C@@H]1O[C@@H](SN(Cc2ccccc2)Cc2ccccc2)[C@H](OC(C)=O)[C@H]1OC(C)=O. The summed E-state index contributed by atoms with van der Waals surface area (Å²) in [5.74, 6) is -2.48. The molecule has 1 fully saturated rings. The molecule has 5 atom stereocenters. The zero-order chi connectivity index (χ0) is 28.4. The second-order valence-corrected chi connectivity index (χ2v) is 10.1. The topological polar surface area (TPSA) is 118 Å². The van der Waals surface area contributed by atoms with Crippen LogP contribution in [0.2, 0.25) is 0 Å². The Labute approximate surface area is 232 Å². The molecule has 0 N–H and O–H groups in total. The third-order valence-electron chi connectivity index (χ3n) is 5.60. The molecule has 0 aromatic heterocycles. The summed E-state index contributed by atoms with van der Waals surface area (Å²) in [5.41, 5.74) is 1.25. The van der Waals surface area contributed by atoms with Crippen molar-refractivity contribution in [2.75, 3.05) is 6.61 Å². The molecule has 39 heavy (non-hydrogen) atoms. The van der Waals surface area contributed by atoms with Gasteiger partial charge in [0.25, 0.3) is 0 Å². The average Bonchev–Trinajstić information content (AvgIpc) is 3.18. The second kappa shape index (κ2) is 14.7. The molecule has 1 saturated heterocycles. The highest BCUT2D eigenvalue weighted by Crippen LogP contribution is 2.38. The number of carbonyl (C=O) groups is 4. The van der Waals surface area contributed by atoms with E-state index in [2.05, 4.69) is 0 Å². The molecule has 210 valence electrons. The maximum Gasteiger partial charge on any atom is 0.303 e. The first kappa shape index (κ1) is 30.1. The first-order valence-corrected chi connectivity index (χ1v) is 13.3. The number of ether oxygens (including phenoxy) is 5. The van der Waals surface area contributed by atoms with Gasteiger partial charge >= 0.3 is 23.9 Å². The molecule has 3 rings (SSSR count). The molecule has 11 heteroatoms.